The minimum Gasteiger partial charge on any atom is -0.482 e. The maximum absolute atomic E-state index is 12.5. The summed E-state index contributed by atoms with van der Waals surface area (Å²) < 4.78 is 11.2. The second-order valence-corrected chi connectivity index (χ2v) is 6.97. The van der Waals surface area contributed by atoms with Gasteiger partial charge in [0.1, 0.15) is 11.9 Å². The lowest BCUT2D eigenvalue weighted by atomic mass is 9.88. The number of carboxylic acids is 1. The number of ether oxygens (including phenoxy) is 2. The summed E-state index contributed by atoms with van der Waals surface area (Å²) in [6.45, 7) is 4.15. The van der Waals surface area contributed by atoms with Crippen LogP contribution in [0.2, 0.25) is 0 Å². The van der Waals surface area contributed by atoms with Crippen LogP contribution in [0.4, 0.5) is 0 Å². The molecular formula is C20H29NO5. The number of hydrogen-bond donors (Lipinski definition) is 2. The van der Waals surface area contributed by atoms with E-state index in [9.17, 15) is 9.59 Å². The molecule has 1 aliphatic carbocycles. The Kier molecular flexibility index (Phi) is 7.91. The van der Waals surface area contributed by atoms with E-state index in [2.05, 4.69) is 12.2 Å². The number of carbonyl (C=O) groups excluding carboxylic acids is 1. The topological polar surface area (TPSA) is 84.9 Å². The number of nitrogens with one attached hydrogen (secondary N) is 1. The van der Waals surface area contributed by atoms with Crippen molar-refractivity contribution in [1.82, 2.24) is 5.32 Å². The molecule has 26 heavy (non-hydrogen) atoms. The van der Waals surface area contributed by atoms with Gasteiger partial charge in [-0.3, -0.25) is 4.79 Å². The molecule has 1 aliphatic rings. The number of carboxylic acid groups (broad SMARTS) is 1. The molecule has 2 rings (SSSR count). The minimum atomic E-state index is -1.02. The third-order valence-corrected chi connectivity index (χ3v) is 4.64. The third-order valence-electron chi connectivity index (χ3n) is 4.64. The molecule has 6 heteroatoms. The van der Waals surface area contributed by atoms with Crippen molar-refractivity contribution in [2.45, 2.75) is 64.7 Å². The van der Waals surface area contributed by atoms with E-state index in [0.717, 1.165) is 24.8 Å². The van der Waals surface area contributed by atoms with E-state index >= 15 is 0 Å². The lowest BCUT2D eigenvalue weighted by molar-refractivity contribution is -0.139. The van der Waals surface area contributed by atoms with Crippen molar-refractivity contribution in [2.24, 2.45) is 5.92 Å². The smallest absolute Gasteiger partial charge is 0.341 e. The first-order chi connectivity index (χ1) is 12.5. The lowest BCUT2D eigenvalue weighted by Crippen LogP contribution is -2.39. The van der Waals surface area contributed by atoms with Gasteiger partial charge in [0, 0.05) is 6.54 Å². The molecule has 0 saturated heterocycles. The molecule has 1 saturated carbocycles. The minimum absolute atomic E-state index is 0.109. The Hall–Kier alpha value is -2.08. The molecule has 6 nitrogen and oxygen atoms in total. The van der Waals surface area contributed by atoms with E-state index in [4.69, 9.17) is 14.6 Å². The Morgan fingerprint density at radius 3 is 2.85 bits per heavy atom. The molecule has 144 valence electrons. The molecule has 0 aromatic heterocycles. The SMILES string of the molecule is CCC(OC1CCCC(C)C1)C(=O)NCc1cccc(OCC(=O)O)c1. The van der Waals surface area contributed by atoms with Crippen molar-refractivity contribution in [1.29, 1.82) is 0 Å². The Balaban J connectivity index is 1.84. The summed E-state index contributed by atoms with van der Waals surface area (Å²) in [6.07, 6.45) is 4.82. The summed E-state index contributed by atoms with van der Waals surface area (Å²) in [5.41, 5.74) is 0.849. The van der Waals surface area contributed by atoms with Crippen LogP contribution < -0.4 is 10.1 Å². The zero-order valence-corrected chi connectivity index (χ0v) is 15.6. The molecule has 0 spiro atoms. The van der Waals surface area contributed by atoms with Crippen LogP contribution in [-0.4, -0.2) is 35.8 Å². The van der Waals surface area contributed by atoms with E-state index in [1.54, 1.807) is 18.2 Å². The van der Waals surface area contributed by atoms with E-state index in [1.807, 2.05) is 13.0 Å². The molecule has 3 atom stereocenters. The van der Waals surface area contributed by atoms with Crippen LogP contribution in [-0.2, 0) is 20.9 Å². The van der Waals surface area contributed by atoms with E-state index in [-0.39, 0.29) is 18.6 Å². The third kappa shape index (κ3) is 6.67. The second-order valence-electron chi connectivity index (χ2n) is 6.97. The number of hydrogen-bond acceptors (Lipinski definition) is 4. The predicted molar refractivity (Wildman–Crippen MR) is 98.0 cm³/mol. The molecule has 0 heterocycles. The van der Waals surface area contributed by atoms with Crippen molar-refractivity contribution in [3.8, 4) is 5.75 Å². The largest absolute Gasteiger partial charge is 0.482 e. The highest BCUT2D eigenvalue weighted by Gasteiger charge is 2.25. The lowest BCUT2D eigenvalue weighted by Gasteiger charge is -2.29. The van der Waals surface area contributed by atoms with Crippen LogP contribution in [0.15, 0.2) is 24.3 Å². The standard InChI is InChI=1S/C20H29NO5/c1-3-18(26-17-9-4-6-14(2)10-17)20(24)21-12-15-7-5-8-16(11-15)25-13-19(22)23/h5,7-8,11,14,17-18H,3-4,6,9-10,12-13H2,1-2H3,(H,21,24)(H,22,23). The van der Waals surface area contributed by atoms with Crippen LogP contribution in [0.1, 0.15) is 51.5 Å². The molecule has 3 unspecified atom stereocenters. The average Bonchev–Trinajstić information content (AvgIpc) is 2.63. The Bertz CT molecular complexity index is 604. The predicted octanol–water partition coefficient (Wildman–Crippen LogP) is 3.14. The first-order valence-corrected chi connectivity index (χ1v) is 9.34. The molecule has 2 N–H and O–H groups in total. The summed E-state index contributed by atoms with van der Waals surface area (Å²) in [6, 6.07) is 7.05. The Morgan fingerprint density at radius 1 is 1.35 bits per heavy atom. The van der Waals surface area contributed by atoms with Crippen molar-refractivity contribution in [2.75, 3.05) is 6.61 Å². The molecular weight excluding hydrogens is 334 g/mol. The van der Waals surface area contributed by atoms with Gasteiger partial charge in [-0.2, -0.15) is 0 Å². The first-order valence-electron chi connectivity index (χ1n) is 9.34. The molecule has 0 aliphatic heterocycles. The monoisotopic (exact) mass is 363 g/mol. The van der Waals surface area contributed by atoms with Crippen molar-refractivity contribution >= 4 is 11.9 Å². The van der Waals surface area contributed by atoms with E-state index in [1.165, 1.54) is 6.42 Å². The highest BCUT2D eigenvalue weighted by atomic mass is 16.5. The average molecular weight is 363 g/mol. The van der Waals surface area contributed by atoms with Crippen molar-refractivity contribution in [3.63, 3.8) is 0 Å². The fourth-order valence-corrected chi connectivity index (χ4v) is 3.27. The molecule has 1 aromatic rings. The van der Waals surface area contributed by atoms with Crippen molar-refractivity contribution < 1.29 is 24.2 Å². The van der Waals surface area contributed by atoms with Gasteiger partial charge in [0.2, 0.25) is 5.91 Å². The Morgan fingerprint density at radius 2 is 2.15 bits per heavy atom. The van der Waals surface area contributed by atoms with Crippen LogP contribution in [0, 0.1) is 5.92 Å². The van der Waals surface area contributed by atoms with Gasteiger partial charge in [-0.05, 0) is 42.9 Å². The number of benzene rings is 1. The normalized spacial score (nSPS) is 21.0. The summed E-state index contributed by atoms with van der Waals surface area (Å²) in [5, 5.41) is 11.6. The second kappa shape index (κ2) is 10.2. The van der Waals surface area contributed by atoms with Gasteiger partial charge in [-0.25, -0.2) is 4.79 Å². The number of rotatable bonds is 9. The molecule has 1 aromatic carbocycles. The zero-order valence-electron chi connectivity index (χ0n) is 15.6. The Labute approximate surface area is 154 Å². The van der Waals surface area contributed by atoms with Crippen LogP contribution in [0.3, 0.4) is 0 Å². The molecule has 1 fully saturated rings. The van der Waals surface area contributed by atoms with Gasteiger partial charge in [0.25, 0.3) is 0 Å². The number of amides is 1. The van der Waals surface area contributed by atoms with Crippen molar-refractivity contribution in [3.05, 3.63) is 29.8 Å². The maximum Gasteiger partial charge on any atom is 0.341 e. The van der Waals surface area contributed by atoms with Gasteiger partial charge >= 0.3 is 5.97 Å². The highest BCUT2D eigenvalue weighted by Crippen LogP contribution is 2.27. The number of carbonyl (C=O) groups is 2. The van der Waals surface area contributed by atoms with Gasteiger partial charge < -0.3 is 19.9 Å². The van der Waals surface area contributed by atoms with Crippen LogP contribution in [0.5, 0.6) is 5.75 Å². The number of aliphatic carboxylic acids is 1. The quantitative estimate of drug-likeness (QED) is 0.704. The van der Waals surface area contributed by atoms with Crippen LogP contribution in [0.25, 0.3) is 0 Å². The molecule has 1 amide bonds. The van der Waals surface area contributed by atoms with Gasteiger partial charge in [0.15, 0.2) is 6.61 Å². The van der Waals surface area contributed by atoms with Crippen LogP contribution >= 0.6 is 0 Å². The van der Waals surface area contributed by atoms with Gasteiger partial charge in [-0.15, -0.1) is 0 Å². The summed E-state index contributed by atoms with van der Waals surface area (Å²) >= 11 is 0. The maximum atomic E-state index is 12.5. The summed E-state index contributed by atoms with van der Waals surface area (Å²) in [7, 11) is 0. The van der Waals surface area contributed by atoms with E-state index in [0.29, 0.717) is 24.6 Å². The van der Waals surface area contributed by atoms with Gasteiger partial charge in [-0.1, -0.05) is 38.8 Å². The highest BCUT2D eigenvalue weighted by molar-refractivity contribution is 5.80. The summed E-state index contributed by atoms with van der Waals surface area (Å²) in [5.74, 6) is -0.00671. The first kappa shape index (κ1) is 20.2. The summed E-state index contributed by atoms with van der Waals surface area (Å²) in [4.78, 5) is 23.0. The zero-order chi connectivity index (χ0) is 18.9. The fourth-order valence-electron chi connectivity index (χ4n) is 3.27. The molecule has 0 radical (unpaired) electrons. The molecule has 0 bridgehead atoms. The van der Waals surface area contributed by atoms with E-state index < -0.39 is 12.1 Å². The van der Waals surface area contributed by atoms with Gasteiger partial charge in [0.05, 0.1) is 6.10 Å². The fraction of sp³-hybridized carbons (Fsp3) is 0.600.